The Hall–Kier alpha value is -0.300. The summed E-state index contributed by atoms with van der Waals surface area (Å²) in [5.41, 5.74) is 0. The fourth-order valence-electron chi connectivity index (χ4n) is 2.58. The molecule has 0 aliphatic heterocycles. The molecule has 1 rings (SSSR count). The van der Waals surface area contributed by atoms with Crippen molar-refractivity contribution in [1.82, 2.24) is 0 Å². The Labute approximate surface area is 101 Å². The van der Waals surface area contributed by atoms with Gasteiger partial charge in [0.05, 0.1) is 12.7 Å². The van der Waals surface area contributed by atoms with E-state index in [1.54, 1.807) is 0 Å². The zero-order valence-corrected chi connectivity index (χ0v) is 11.1. The predicted octanol–water partition coefficient (Wildman–Crippen LogP) is 4.57. The van der Waals surface area contributed by atoms with E-state index in [9.17, 15) is 0 Å². The van der Waals surface area contributed by atoms with Crippen molar-refractivity contribution in [3.05, 3.63) is 12.7 Å². The first-order valence-electron chi connectivity index (χ1n) is 6.98. The van der Waals surface area contributed by atoms with Crippen LogP contribution in [0.1, 0.15) is 58.8 Å². The average molecular weight is 224 g/mol. The number of hydrogen-bond acceptors (Lipinski definition) is 1. The molecule has 0 aromatic heterocycles. The Bertz CT molecular complexity index is 188. The van der Waals surface area contributed by atoms with Gasteiger partial charge in [-0.25, -0.2) is 0 Å². The average Bonchev–Trinajstić information content (AvgIpc) is 2.34. The van der Waals surface area contributed by atoms with Gasteiger partial charge in [-0.15, -0.1) is 6.58 Å². The van der Waals surface area contributed by atoms with E-state index in [4.69, 9.17) is 4.74 Å². The maximum atomic E-state index is 5.78. The second-order valence-electron chi connectivity index (χ2n) is 5.37. The van der Waals surface area contributed by atoms with Crippen LogP contribution in [0.5, 0.6) is 0 Å². The minimum absolute atomic E-state index is 0.508. The molecular formula is C15H28O. The minimum Gasteiger partial charge on any atom is -0.374 e. The van der Waals surface area contributed by atoms with Gasteiger partial charge >= 0.3 is 0 Å². The van der Waals surface area contributed by atoms with Gasteiger partial charge in [-0.05, 0) is 24.7 Å². The summed E-state index contributed by atoms with van der Waals surface area (Å²) < 4.78 is 5.78. The zero-order valence-electron chi connectivity index (χ0n) is 11.1. The summed E-state index contributed by atoms with van der Waals surface area (Å²) in [6.45, 7) is 9.10. The Morgan fingerprint density at radius 2 is 2.25 bits per heavy atom. The van der Waals surface area contributed by atoms with E-state index in [0.717, 1.165) is 18.4 Å². The first-order chi connectivity index (χ1) is 7.76. The summed E-state index contributed by atoms with van der Waals surface area (Å²) in [6, 6.07) is 0. The fourth-order valence-corrected chi connectivity index (χ4v) is 2.58. The predicted molar refractivity (Wildman–Crippen MR) is 70.6 cm³/mol. The minimum atomic E-state index is 0.508. The Morgan fingerprint density at radius 3 is 2.94 bits per heavy atom. The molecule has 0 saturated heterocycles. The molecule has 0 aromatic carbocycles. The SMILES string of the molecule is C=CCOC1CCCC(CCC(C)CC)C1. The molecular weight excluding hydrogens is 196 g/mol. The van der Waals surface area contributed by atoms with Crippen LogP contribution in [0.3, 0.4) is 0 Å². The van der Waals surface area contributed by atoms with Crippen molar-refractivity contribution >= 4 is 0 Å². The number of hydrogen-bond donors (Lipinski definition) is 0. The maximum absolute atomic E-state index is 5.78. The maximum Gasteiger partial charge on any atom is 0.0648 e. The van der Waals surface area contributed by atoms with Crippen molar-refractivity contribution in [3.63, 3.8) is 0 Å². The van der Waals surface area contributed by atoms with Gasteiger partial charge in [-0.2, -0.15) is 0 Å². The third-order valence-electron chi connectivity index (χ3n) is 3.95. The Morgan fingerprint density at radius 1 is 1.44 bits per heavy atom. The summed E-state index contributed by atoms with van der Waals surface area (Å²) in [6.07, 6.45) is 11.8. The largest absolute Gasteiger partial charge is 0.374 e. The second kappa shape index (κ2) is 7.89. The van der Waals surface area contributed by atoms with Crippen LogP contribution in [0.25, 0.3) is 0 Å². The van der Waals surface area contributed by atoms with E-state index < -0.39 is 0 Å². The van der Waals surface area contributed by atoms with Crippen molar-refractivity contribution in [3.8, 4) is 0 Å². The van der Waals surface area contributed by atoms with Gasteiger partial charge in [-0.3, -0.25) is 0 Å². The second-order valence-corrected chi connectivity index (χ2v) is 5.37. The molecule has 3 unspecified atom stereocenters. The van der Waals surface area contributed by atoms with Crippen LogP contribution in [0.2, 0.25) is 0 Å². The van der Waals surface area contributed by atoms with E-state index in [1.807, 2.05) is 6.08 Å². The van der Waals surface area contributed by atoms with Gasteiger partial charge < -0.3 is 4.74 Å². The Kier molecular flexibility index (Phi) is 6.79. The van der Waals surface area contributed by atoms with E-state index in [-0.39, 0.29) is 0 Å². The number of ether oxygens (including phenoxy) is 1. The van der Waals surface area contributed by atoms with Gasteiger partial charge in [0, 0.05) is 0 Å². The number of rotatable bonds is 7. The lowest BCUT2D eigenvalue weighted by atomic mass is 9.82. The van der Waals surface area contributed by atoms with Crippen LogP contribution in [0.15, 0.2) is 12.7 Å². The highest BCUT2D eigenvalue weighted by atomic mass is 16.5. The van der Waals surface area contributed by atoms with Gasteiger partial charge in [0.25, 0.3) is 0 Å². The summed E-state index contributed by atoms with van der Waals surface area (Å²) >= 11 is 0. The van der Waals surface area contributed by atoms with Crippen molar-refractivity contribution in [2.24, 2.45) is 11.8 Å². The molecule has 3 atom stereocenters. The highest BCUT2D eigenvalue weighted by Crippen LogP contribution is 2.30. The van der Waals surface area contributed by atoms with Crippen molar-refractivity contribution in [2.45, 2.75) is 64.9 Å². The highest BCUT2D eigenvalue weighted by Gasteiger charge is 2.22. The molecule has 0 N–H and O–H groups in total. The molecule has 1 aliphatic rings. The third kappa shape index (κ3) is 5.16. The molecule has 0 aromatic rings. The van der Waals surface area contributed by atoms with Crippen molar-refractivity contribution < 1.29 is 4.74 Å². The van der Waals surface area contributed by atoms with Crippen molar-refractivity contribution in [1.29, 1.82) is 0 Å². The molecule has 94 valence electrons. The van der Waals surface area contributed by atoms with Crippen molar-refractivity contribution in [2.75, 3.05) is 6.61 Å². The molecule has 0 amide bonds. The first kappa shape index (κ1) is 13.8. The van der Waals surface area contributed by atoms with E-state index in [0.29, 0.717) is 6.10 Å². The zero-order chi connectivity index (χ0) is 11.8. The van der Waals surface area contributed by atoms with Crippen LogP contribution in [0.4, 0.5) is 0 Å². The standard InChI is InChI=1S/C15H28O/c1-4-11-16-15-8-6-7-14(12-15)10-9-13(3)5-2/h4,13-15H,1,5-12H2,2-3H3. The molecule has 0 radical (unpaired) electrons. The van der Waals surface area contributed by atoms with Crippen LogP contribution in [-0.4, -0.2) is 12.7 Å². The normalized spacial score (nSPS) is 27.6. The van der Waals surface area contributed by atoms with E-state index >= 15 is 0 Å². The van der Waals surface area contributed by atoms with E-state index in [2.05, 4.69) is 20.4 Å². The first-order valence-corrected chi connectivity index (χ1v) is 6.98. The molecule has 1 fully saturated rings. The summed E-state index contributed by atoms with van der Waals surface area (Å²) in [5.74, 6) is 1.81. The van der Waals surface area contributed by atoms with Gasteiger partial charge in [-0.1, -0.05) is 52.0 Å². The smallest absolute Gasteiger partial charge is 0.0648 e. The summed E-state index contributed by atoms with van der Waals surface area (Å²) in [5, 5.41) is 0. The monoisotopic (exact) mass is 224 g/mol. The molecule has 1 aliphatic carbocycles. The Balaban J connectivity index is 2.19. The molecule has 1 saturated carbocycles. The molecule has 0 bridgehead atoms. The lowest BCUT2D eigenvalue weighted by Crippen LogP contribution is -2.23. The molecule has 16 heavy (non-hydrogen) atoms. The lowest BCUT2D eigenvalue weighted by Gasteiger charge is -2.29. The van der Waals surface area contributed by atoms with Gasteiger partial charge in [0.2, 0.25) is 0 Å². The van der Waals surface area contributed by atoms with Crippen LogP contribution in [-0.2, 0) is 4.74 Å². The molecule has 0 heterocycles. The van der Waals surface area contributed by atoms with Crippen LogP contribution >= 0.6 is 0 Å². The van der Waals surface area contributed by atoms with Gasteiger partial charge in [0.1, 0.15) is 0 Å². The van der Waals surface area contributed by atoms with Gasteiger partial charge in [0.15, 0.2) is 0 Å². The summed E-state index contributed by atoms with van der Waals surface area (Å²) in [4.78, 5) is 0. The van der Waals surface area contributed by atoms with Crippen LogP contribution < -0.4 is 0 Å². The lowest BCUT2D eigenvalue weighted by molar-refractivity contribution is 0.0268. The van der Waals surface area contributed by atoms with Crippen LogP contribution in [0, 0.1) is 11.8 Å². The highest BCUT2D eigenvalue weighted by molar-refractivity contribution is 4.75. The summed E-state index contributed by atoms with van der Waals surface area (Å²) in [7, 11) is 0. The third-order valence-corrected chi connectivity index (χ3v) is 3.95. The fraction of sp³-hybridized carbons (Fsp3) is 0.867. The molecule has 1 heteroatoms. The topological polar surface area (TPSA) is 9.23 Å². The molecule has 0 spiro atoms. The quantitative estimate of drug-likeness (QED) is 0.575. The molecule has 1 nitrogen and oxygen atoms in total. The van der Waals surface area contributed by atoms with E-state index in [1.165, 1.54) is 44.9 Å².